The molecule has 4 N–H and O–H groups in total. The molecule has 0 unspecified atom stereocenters. The molecule has 1 aliphatic heterocycles. The number of likely N-dealkylation sites (N-methyl/N-ethyl adjacent to an activating group) is 1. The van der Waals surface area contributed by atoms with Crippen LogP contribution in [0.5, 0.6) is 0 Å². The summed E-state index contributed by atoms with van der Waals surface area (Å²) in [5.74, 6) is -4.50. The zero-order valence-electron chi connectivity index (χ0n) is 20.6. The third kappa shape index (κ3) is 7.70. The van der Waals surface area contributed by atoms with Gasteiger partial charge in [-0.15, -0.1) is 11.3 Å². The number of nitrogens with zero attached hydrogens (tertiary/aromatic N) is 4. The number of amides is 3. The van der Waals surface area contributed by atoms with E-state index in [4.69, 9.17) is 15.3 Å². The van der Waals surface area contributed by atoms with Gasteiger partial charge in [-0.05, 0) is 17.7 Å². The molecular weight excluding hydrogens is 589 g/mol. The zero-order valence-corrected chi connectivity index (χ0v) is 24.3. The number of ether oxygens (including phenoxy) is 1. The quantitative estimate of drug-likeness (QED) is 0.0411. The summed E-state index contributed by atoms with van der Waals surface area (Å²) in [6.07, 6.45) is 0. The first kappa shape index (κ1) is 32.5. The van der Waals surface area contributed by atoms with E-state index in [9.17, 15) is 42.3 Å². The Morgan fingerprint density at radius 3 is 2.45 bits per heavy atom. The summed E-state index contributed by atoms with van der Waals surface area (Å²) in [4.78, 5) is 68.0. The van der Waals surface area contributed by atoms with Gasteiger partial charge in [-0.1, -0.05) is 5.16 Å². The van der Waals surface area contributed by atoms with Crippen LogP contribution in [0.1, 0.15) is 11.3 Å². The van der Waals surface area contributed by atoms with E-state index in [0.717, 1.165) is 18.4 Å². The number of esters is 1. The van der Waals surface area contributed by atoms with Crippen molar-refractivity contribution in [2.24, 2.45) is 5.16 Å². The van der Waals surface area contributed by atoms with E-state index in [1.54, 1.807) is 0 Å². The molecule has 1 aromatic heterocycles. The van der Waals surface area contributed by atoms with Crippen LogP contribution in [0.3, 0.4) is 0 Å². The summed E-state index contributed by atoms with van der Waals surface area (Å²) in [5.41, 5.74) is 5.12. The molecule has 2 aromatic rings. The van der Waals surface area contributed by atoms with E-state index in [1.807, 2.05) is 0 Å². The molecule has 0 radical (unpaired) electrons. The molecule has 0 spiro atoms. The molecule has 21 heteroatoms. The number of carbonyl (C=O) groups is 4. The number of non-ortho nitro benzene ring substituents is 1. The predicted molar refractivity (Wildman–Crippen MR) is 128 cm³/mol. The molecule has 0 bridgehead atoms. The van der Waals surface area contributed by atoms with Crippen LogP contribution in [-0.2, 0) is 45.7 Å². The van der Waals surface area contributed by atoms with Crippen LogP contribution < -0.4 is 45.9 Å². The van der Waals surface area contributed by atoms with Crippen molar-refractivity contribution in [2.45, 2.75) is 18.7 Å². The van der Waals surface area contributed by atoms with Crippen molar-refractivity contribution in [3.05, 3.63) is 51.0 Å². The van der Waals surface area contributed by atoms with Gasteiger partial charge in [0.2, 0.25) is 12.5 Å². The number of benzene rings is 1. The van der Waals surface area contributed by atoms with E-state index in [1.165, 1.54) is 29.6 Å². The third-order valence-electron chi connectivity index (χ3n) is 4.96. The number of rotatable bonds is 11. The van der Waals surface area contributed by atoms with Gasteiger partial charge < -0.3 is 30.5 Å². The first-order valence-corrected chi connectivity index (χ1v) is 12.7. The van der Waals surface area contributed by atoms with Crippen molar-refractivity contribution < 1.29 is 76.2 Å². The molecule has 208 valence electrons. The van der Waals surface area contributed by atoms with Crippen LogP contribution in [0.2, 0.25) is 0 Å². The van der Waals surface area contributed by atoms with Gasteiger partial charge in [-0.2, -0.15) is 0 Å². The van der Waals surface area contributed by atoms with Crippen LogP contribution in [-0.4, -0.2) is 82.3 Å². The molecule has 2 heterocycles. The first-order valence-electron chi connectivity index (χ1n) is 10.4. The number of nitrogens with two attached hydrogens (primary N) is 1. The second kappa shape index (κ2) is 13.6. The van der Waals surface area contributed by atoms with Gasteiger partial charge in [0, 0.05) is 24.6 Å². The molecule has 0 aliphatic carbocycles. The van der Waals surface area contributed by atoms with E-state index in [2.05, 4.69) is 20.8 Å². The fourth-order valence-electron chi connectivity index (χ4n) is 3.14. The number of nitro groups is 1. The number of β-lactam (4-membered cyclic amide) rings is 1. The van der Waals surface area contributed by atoms with Crippen LogP contribution in [0, 0.1) is 10.1 Å². The van der Waals surface area contributed by atoms with Gasteiger partial charge in [0.05, 0.1) is 4.92 Å². The van der Waals surface area contributed by atoms with Gasteiger partial charge in [0.25, 0.3) is 17.5 Å². The Kier molecular flexibility index (Phi) is 11.0. The maximum atomic E-state index is 12.9. The first-order chi connectivity index (χ1) is 18.3. The van der Waals surface area contributed by atoms with E-state index >= 15 is 0 Å². The van der Waals surface area contributed by atoms with Crippen molar-refractivity contribution in [3.63, 3.8) is 0 Å². The topological polar surface area (TPSA) is 266 Å². The summed E-state index contributed by atoms with van der Waals surface area (Å²) in [6.45, 7) is -1.04. The van der Waals surface area contributed by atoms with Gasteiger partial charge >= 0.3 is 35.5 Å². The molecule has 2 atom stereocenters. The Morgan fingerprint density at radius 1 is 1.27 bits per heavy atom. The summed E-state index contributed by atoms with van der Waals surface area (Å²) in [6, 6.07) is 1.61. The minimum Gasteiger partial charge on any atom is -0.731 e. The summed E-state index contributed by atoms with van der Waals surface area (Å²) in [5, 5.41) is 19.7. The maximum Gasteiger partial charge on any atom is 1.00 e. The Hall–Kier alpha value is -3.69. The number of nitrogens with one attached hydrogen (secondary N) is 2. The minimum absolute atomic E-state index is 0. The molecule has 1 fully saturated rings. The Balaban J connectivity index is 0.00000560. The van der Waals surface area contributed by atoms with Crippen molar-refractivity contribution in [1.29, 1.82) is 0 Å². The van der Waals surface area contributed by atoms with Crippen LogP contribution in [0.15, 0.2) is 34.8 Å². The second-order valence-electron chi connectivity index (χ2n) is 7.47. The third-order valence-corrected chi connectivity index (χ3v) is 6.52. The second-order valence-corrected chi connectivity index (χ2v) is 9.61. The number of aromatic nitrogens is 1. The van der Waals surface area contributed by atoms with Crippen LogP contribution >= 0.6 is 11.3 Å². The van der Waals surface area contributed by atoms with Gasteiger partial charge in [0.15, 0.2) is 27.2 Å². The molecule has 1 aromatic carbocycles. The van der Waals surface area contributed by atoms with Crippen LogP contribution in [0.4, 0.5) is 10.8 Å². The summed E-state index contributed by atoms with van der Waals surface area (Å²) < 4.78 is 38.8. The largest absolute Gasteiger partial charge is 1.00 e. The number of oxime groups is 1. The van der Waals surface area contributed by atoms with E-state index in [0.29, 0.717) is 5.56 Å². The molecule has 3 rings (SSSR count). The molecule has 18 nitrogen and oxygen atoms in total. The molecule has 1 aliphatic rings. The average Bonchev–Trinajstić information content (AvgIpc) is 3.31. The number of hydrogen-bond donors (Lipinski definition) is 3. The summed E-state index contributed by atoms with van der Waals surface area (Å²) in [7, 11) is -4.23. The van der Waals surface area contributed by atoms with Crippen molar-refractivity contribution in [2.75, 3.05) is 19.4 Å². The number of anilines is 1. The normalized spacial score (nSPS) is 16.7. The summed E-state index contributed by atoms with van der Waals surface area (Å²) >= 11 is 0.907. The smallest absolute Gasteiger partial charge is 0.731 e. The van der Waals surface area contributed by atoms with E-state index in [-0.39, 0.29) is 57.0 Å². The Morgan fingerprint density at radius 2 is 1.93 bits per heavy atom. The number of nitrogen functional groups attached to an aromatic ring is 1. The number of nitro benzene ring substituents is 1. The Labute approximate surface area is 251 Å². The van der Waals surface area contributed by atoms with E-state index < -0.39 is 63.3 Å². The van der Waals surface area contributed by atoms with Crippen LogP contribution in [0.25, 0.3) is 0 Å². The zero-order chi connectivity index (χ0) is 28.9. The molecule has 0 saturated carbocycles. The predicted octanol–water partition coefficient (Wildman–Crippen LogP) is -5.00. The average molecular weight is 608 g/mol. The molecule has 1 saturated heterocycles. The maximum absolute atomic E-state index is 12.9. The van der Waals surface area contributed by atoms with Crippen molar-refractivity contribution >= 4 is 61.9 Å². The minimum atomic E-state index is -5.35. The number of carbonyl (C=O) groups excluding carboxylic acids is 4. The fraction of sp³-hybridized carbons (Fsp3) is 0.263. The molecular formula is C19H18N7NaO11S2. The Bertz CT molecular complexity index is 1450. The molecule has 40 heavy (non-hydrogen) atoms. The van der Waals surface area contributed by atoms with Gasteiger partial charge in [-0.25, -0.2) is 22.5 Å². The number of thiazole rings is 1. The van der Waals surface area contributed by atoms with Crippen molar-refractivity contribution in [1.82, 2.24) is 19.9 Å². The monoisotopic (exact) mass is 607 g/mol. The molecule has 3 amide bonds. The standard InChI is InChI=1S/C19H19N7O11S2.Na/c1-21-17(29)15-14(18(30)25(15)39(33,34)35)23-16(28)13(11-8-38-19(20)22-11)24-37-7-12(27)36-6-9-2-4-10(5-3-9)26(31)32;/h2-5,8,14-15H,6-7H2,1H3,(H2,20,22)(H,21,29)(H,23,28)(H,33,34,35);/q;+1/p-1/b24-13-;/t14-,15-;/m1./s1. The van der Waals surface area contributed by atoms with Gasteiger partial charge in [-0.3, -0.25) is 24.5 Å². The van der Waals surface area contributed by atoms with Crippen molar-refractivity contribution in [3.8, 4) is 0 Å². The SMILES string of the molecule is CNC(=O)[C@H]1[C@@H](NC(=O)/C(=N\OCC(=O)OCc2ccc([N+](=O)[O-])cc2)c2csc(N)n2)C(=O)N1S(=O)(=O)[O-].[Na+]. The fourth-order valence-corrected chi connectivity index (χ4v) is 4.51. The van der Waals surface area contributed by atoms with Gasteiger partial charge in [0.1, 0.15) is 18.3 Å². The number of hydrogen-bond acceptors (Lipinski definition) is 15.